The lowest BCUT2D eigenvalue weighted by Gasteiger charge is -2.22. The van der Waals surface area contributed by atoms with E-state index in [1.54, 1.807) is 18.2 Å². The number of aliphatic carboxylic acids is 1. The summed E-state index contributed by atoms with van der Waals surface area (Å²) in [4.78, 5) is 24.9. The number of hydrogen-bond acceptors (Lipinski definition) is 3. The molecule has 0 fully saturated rings. The highest BCUT2D eigenvalue weighted by Gasteiger charge is 2.25. The van der Waals surface area contributed by atoms with Crippen molar-refractivity contribution in [1.82, 2.24) is 0 Å². The zero-order valence-corrected chi connectivity index (χ0v) is 12.8. The number of aryl methyl sites for hydroxylation is 1. The summed E-state index contributed by atoms with van der Waals surface area (Å²) in [5, 5.41) is 19.1. The van der Waals surface area contributed by atoms with Crippen LogP contribution in [0.1, 0.15) is 34.0 Å². The lowest BCUT2D eigenvalue weighted by Crippen LogP contribution is -2.35. The molecular weight excluding hydrogens is 313 g/mol. The number of fused-ring (bicyclic) bond motifs is 1. The average molecular weight is 329 g/mol. The van der Waals surface area contributed by atoms with Crippen LogP contribution in [0.3, 0.4) is 0 Å². The van der Waals surface area contributed by atoms with Crippen molar-refractivity contribution in [3.05, 3.63) is 65.0 Å². The second-order valence-electron chi connectivity index (χ2n) is 5.73. The van der Waals surface area contributed by atoms with Gasteiger partial charge in [0, 0.05) is 11.3 Å². The van der Waals surface area contributed by atoms with Gasteiger partial charge in [0.25, 0.3) is 5.91 Å². The number of halogens is 1. The average Bonchev–Trinajstić information content (AvgIpc) is 2.93. The van der Waals surface area contributed by atoms with Gasteiger partial charge >= 0.3 is 5.97 Å². The van der Waals surface area contributed by atoms with Crippen LogP contribution in [0.2, 0.25) is 0 Å². The molecule has 2 aromatic carbocycles. The molecule has 0 radical (unpaired) electrons. The van der Waals surface area contributed by atoms with Crippen LogP contribution in [0.25, 0.3) is 0 Å². The fourth-order valence-corrected chi connectivity index (χ4v) is 2.90. The number of aliphatic hydroxyl groups excluding tert-OH is 1. The van der Waals surface area contributed by atoms with Gasteiger partial charge in [0.05, 0.1) is 6.10 Å². The topological polar surface area (TPSA) is 77.8 Å². The van der Waals surface area contributed by atoms with Crippen molar-refractivity contribution in [2.45, 2.75) is 18.9 Å². The highest BCUT2D eigenvalue weighted by Crippen LogP contribution is 2.34. The molecule has 0 aliphatic heterocycles. The van der Waals surface area contributed by atoms with Gasteiger partial charge in [-0.05, 0) is 60.4 Å². The quantitative estimate of drug-likeness (QED) is 0.903. The molecule has 3 rings (SSSR count). The molecule has 1 amide bonds. The summed E-state index contributed by atoms with van der Waals surface area (Å²) in [6.07, 6.45) is 0.762. The normalized spacial score (nSPS) is 15.8. The molecule has 0 aromatic heterocycles. The van der Waals surface area contributed by atoms with E-state index in [0.717, 1.165) is 34.6 Å². The van der Waals surface area contributed by atoms with Crippen molar-refractivity contribution >= 4 is 17.6 Å². The summed E-state index contributed by atoms with van der Waals surface area (Å²) in [6.45, 7) is -0.523. The number of carboxylic acids is 1. The van der Waals surface area contributed by atoms with Gasteiger partial charge in [-0.15, -0.1) is 0 Å². The molecule has 1 aliphatic carbocycles. The summed E-state index contributed by atoms with van der Waals surface area (Å²) in [5.41, 5.74) is 2.30. The first kappa shape index (κ1) is 16.1. The molecule has 0 heterocycles. The number of rotatable bonds is 4. The Labute approximate surface area is 138 Å². The zero-order chi connectivity index (χ0) is 17.3. The van der Waals surface area contributed by atoms with Crippen molar-refractivity contribution < 1.29 is 24.2 Å². The van der Waals surface area contributed by atoms with E-state index in [-0.39, 0.29) is 5.56 Å². The lowest BCUT2D eigenvalue weighted by molar-refractivity contribution is -0.135. The first-order chi connectivity index (χ1) is 11.5. The Bertz CT molecular complexity index is 788. The summed E-state index contributed by atoms with van der Waals surface area (Å²) in [7, 11) is 0. The Morgan fingerprint density at radius 2 is 1.88 bits per heavy atom. The van der Waals surface area contributed by atoms with Gasteiger partial charge in [-0.3, -0.25) is 14.5 Å². The number of benzene rings is 2. The van der Waals surface area contributed by atoms with E-state index in [1.165, 1.54) is 12.1 Å². The van der Waals surface area contributed by atoms with Gasteiger partial charge < -0.3 is 10.2 Å². The lowest BCUT2D eigenvalue weighted by atomic mass is 10.1. The standard InChI is InChI=1S/C18H16FNO4/c19-13-5-1-12(2-6-13)18(24)20(10-17(22)23)14-7-3-11-4-8-16(21)15(11)9-14/h1-3,5-7,9,16,21H,4,8,10H2,(H,22,23). The Morgan fingerprint density at radius 1 is 1.17 bits per heavy atom. The Hall–Kier alpha value is -2.73. The summed E-state index contributed by atoms with van der Waals surface area (Å²) < 4.78 is 13.0. The van der Waals surface area contributed by atoms with Crippen LogP contribution in [0, 0.1) is 5.82 Å². The Kier molecular flexibility index (Phi) is 4.31. The SMILES string of the molecule is O=C(O)CN(C(=O)c1ccc(F)cc1)c1ccc2c(c1)C(O)CC2. The Balaban J connectivity index is 1.97. The van der Waals surface area contributed by atoms with E-state index in [4.69, 9.17) is 5.11 Å². The molecule has 2 aromatic rings. The summed E-state index contributed by atoms with van der Waals surface area (Å²) in [6, 6.07) is 10.0. The van der Waals surface area contributed by atoms with Crippen LogP contribution in [-0.4, -0.2) is 28.6 Å². The van der Waals surface area contributed by atoms with E-state index < -0.39 is 30.3 Å². The summed E-state index contributed by atoms with van der Waals surface area (Å²) in [5.74, 6) is -2.17. The minimum atomic E-state index is -1.16. The molecule has 0 spiro atoms. The summed E-state index contributed by atoms with van der Waals surface area (Å²) >= 11 is 0. The maximum absolute atomic E-state index is 13.0. The van der Waals surface area contributed by atoms with Gasteiger partial charge in [0.15, 0.2) is 0 Å². The number of carbonyl (C=O) groups is 2. The minimum absolute atomic E-state index is 0.193. The third kappa shape index (κ3) is 3.14. The molecule has 24 heavy (non-hydrogen) atoms. The van der Waals surface area contributed by atoms with Crippen molar-refractivity contribution in [1.29, 1.82) is 0 Å². The highest BCUT2D eigenvalue weighted by atomic mass is 19.1. The number of anilines is 1. The molecule has 2 N–H and O–H groups in total. The predicted octanol–water partition coefficient (Wildman–Crippen LogP) is 2.54. The first-order valence-electron chi connectivity index (χ1n) is 7.56. The van der Waals surface area contributed by atoms with Crippen LogP contribution in [0.5, 0.6) is 0 Å². The number of amides is 1. The number of hydrogen-bond donors (Lipinski definition) is 2. The van der Waals surface area contributed by atoms with Gasteiger partial charge in [-0.25, -0.2) is 4.39 Å². The van der Waals surface area contributed by atoms with E-state index in [0.29, 0.717) is 12.1 Å². The van der Waals surface area contributed by atoms with Crippen LogP contribution >= 0.6 is 0 Å². The number of carbonyl (C=O) groups excluding carboxylic acids is 1. The molecule has 1 unspecified atom stereocenters. The van der Waals surface area contributed by atoms with Crippen LogP contribution < -0.4 is 4.90 Å². The van der Waals surface area contributed by atoms with Gasteiger partial charge in [-0.2, -0.15) is 0 Å². The molecule has 5 nitrogen and oxygen atoms in total. The third-order valence-electron chi connectivity index (χ3n) is 4.12. The molecule has 0 bridgehead atoms. The van der Waals surface area contributed by atoms with Crippen LogP contribution in [0.15, 0.2) is 42.5 Å². The van der Waals surface area contributed by atoms with E-state index in [1.807, 2.05) is 0 Å². The van der Waals surface area contributed by atoms with Gasteiger partial charge in [0.1, 0.15) is 12.4 Å². The fourth-order valence-electron chi connectivity index (χ4n) is 2.90. The zero-order valence-electron chi connectivity index (χ0n) is 12.8. The number of carboxylic acid groups (broad SMARTS) is 1. The monoisotopic (exact) mass is 329 g/mol. The Morgan fingerprint density at radius 3 is 2.54 bits per heavy atom. The first-order valence-corrected chi connectivity index (χ1v) is 7.56. The van der Waals surface area contributed by atoms with Crippen LogP contribution in [-0.2, 0) is 11.2 Å². The van der Waals surface area contributed by atoms with E-state index in [2.05, 4.69) is 0 Å². The molecule has 6 heteroatoms. The second-order valence-corrected chi connectivity index (χ2v) is 5.73. The number of aliphatic hydroxyl groups is 1. The van der Waals surface area contributed by atoms with Crippen molar-refractivity contribution in [2.24, 2.45) is 0 Å². The van der Waals surface area contributed by atoms with E-state index in [9.17, 15) is 19.1 Å². The van der Waals surface area contributed by atoms with Crippen LogP contribution in [0.4, 0.5) is 10.1 Å². The highest BCUT2D eigenvalue weighted by molar-refractivity contribution is 6.08. The molecule has 1 aliphatic rings. The largest absolute Gasteiger partial charge is 0.480 e. The molecule has 1 atom stereocenters. The number of nitrogens with zero attached hydrogens (tertiary/aromatic N) is 1. The van der Waals surface area contributed by atoms with Crippen molar-refractivity contribution in [2.75, 3.05) is 11.4 Å². The van der Waals surface area contributed by atoms with Gasteiger partial charge in [0.2, 0.25) is 0 Å². The predicted molar refractivity (Wildman–Crippen MR) is 85.4 cm³/mol. The smallest absolute Gasteiger partial charge is 0.323 e. The molecular formula is C18H16FNO4. The molecule has 0 saturated heterocycles. The maximum Gasteiger partial charge on any atom is 0.323 e. The minimum Gasteiger partial charge on any atom is -0.480 e. The second kappa shape index (κ2) is 6.41. The maximum atomic E-state index is 13.0. The van der Waals surface area contributed by atoms with Crippen molar-refractivity contribution in [3.8, 4) is 0 Å². The van der Waals surface area contributed by atoms with Gasteiger partial charge in [-0.1, -0.05) is 6.07 Å². The fraction of sp³-hybridized carbons (Fsp3) is 0.222. The molecule has 0 saturated carbocycles. The van der Waals surface area contributed by atoms with E-state index >= 15 is 0 Å². The van der Waals surface area contributed by atoms with Crippen molar-refractivity contribution in [3.63, 3.8) is 0 Å². The molecule has 124 valence electrons. The third-order valence-corrected chi connectivity index (χ3v) is 4.12.